The quantitative estimate of drug-likeness (QED) is 0.621. The maximum atomic E-state index is 12.0. The molecule has 128 valence electrons. The number of benzene rings is 1. The predicted molar refractivity (Wildman–Crippen MR) is 90.4 cm³/mol. The third-order valence-electron chi connectivity index (χ3n) is 4.48. The normalized spacial score (nSPS) is 15.8. The molecule has 1 aliphatic rings. The second-order valence-electron chi connectivity index (χ2n) is 6.27. The van der Waals surface area contributed by atoms with E-state index in [0.29, 0.717) is 11.3 Å². The summed E-state index contributed by atoms with van der Waals surface area (Å²) in [5.74, 6) is 0.0806. The Balaban J connectivity index is 1.83. The number of ether oxygens (including phenoxy) is 2. The van der Waals surface area contributed by atoms with Crippen LogP contribution in [0.1, 0.15) is 44.7 Å². The average molecular weight is 330 g/mol. The molecule has 1 heterocycles. The average Bonchev–Trinajstić information content (AvgIpc) is 3.05. The van der Waals surface area contributed by atoms with E-state index in [2.05, 4.69) is 0 Å². The highest BCUT2D eigenvalue weighted by Crippen LogP contribution is 2.29. The van der Waals surface area contributed by atoms with E-state index in [4.69, 9.17) is 13.9 Å². The molecule has 0 saturated carbocycles. The Labute approximate surface area is 140 Å². The van der Waals surface area contributed by atoms with Crippen molar-refractivity contribution in [3.8, 4) is 5.75 Å². The van der Waals surface area contributed by atoms with Gasteiger partial charge in [0.25, 0.3) is 0 Å². The number of hydrogen-bond donors (Lipinski definition) is 0. The van der Waals surface area contributed by atoms with E-state index in [1.54, 1.807) is 19.1 Å². The van der Waals surface area contributed by atoms with Gasteiger partial charge in [0.2, 0.25) is 0 Å². The second-order valence-corrected chi connectivity index (χ2v) is 6.27. The first-order valence-corrected chi connectivity index (χ1v) is 8.45. The van der Waals surface area contributed by atoms with E-state index in [1.807, 2.05) is 19.9 Å². The van der Waals surface area contributed by atoms with Crippen LogP contribution in [0.5, 0.6) is 5.75 Å². The third-order valence-corrected chi connectivity index (χ3v) is 4.48. The van der Waals surface area contributed by atoms with Crippen LogP contribution in [0.15, 0.2) is 27.4 Å². The van der Waals surface area contributed by atoms with Crippen molar-refractivity contribution in [3.05, 3.63) is 39.7 Å². The summed E-state index contributed by atoms with van der Waals surface area (Å²) in [5.41, 5.74) is 2.11. The summed E-state index contributed by atoms with van der Waals surface area (Å²) in [6, 6.07) is 5.36. The lowest BCUT2D eigenvalue weighted by Crippen LogP contribution is -2.29. The molecule has 24 heavy (non-hydrogen) atoms. The van der Waals surface area contributed by atoms with Gasteiger partial charge in [-0.1, -0.05) is 6.92 Å². The predicted octanol–water partition coefficient (Wildman–Crippen LogP) is 3.39. The van der Waals surface area contributed by atoms with Gasteiger partial charge in [-0.3, -0.25) is 0 Å². The monoisotopic (exact) mass is 330 g/mol. The first-order valence-electron chi connectivity index (χ1n) is 8.45. The Morgan fingerprint density at radius 1 is 1.25 bits per heavy atom. The van der Waals surface area contributed by atoms with Crippen LogP contribution in [-0.4, -0.2) is 18.2 Å². The van der Waals surface area contributed by atoms with Gasteiger partial charge in [-0.25, -0.2) is 9.59 Å². The Morgan fingerprint density at radius 2 is 2.00 bits per heavy atom. The van der Waals surface area contributed by atoms with Crippen molar-refractivity contribution < 1.29 is 18.7 Å². The maximum Gasteiger partial charge on any atom is 0.347 e. The minimum Gasteiger partial charge on any atom is -0.479 e. The molecule has 1 aromatic carbocycles. The van der Waals surface area contributed by atoms with Gasteiger partial charge in [0, 0.05) is 17.0 Å². The lowest BCUT2D eigenvalue weighted by Gasteiger charge is -2.17. The van der Waals surface area contributed by atoms with Gasteiger partial charge in [0.05, 0.1) is 6.10 Å². The second kappa shape index (κ2) is 6.67. The SMILES string of the molecule is CC[C@H](C)OC(=O)[C@@H](C)Oc1ccc2c3c(c(=O)oc2c1)CCC3. The topological polar surface area (TPSA) is 65.7 Å². The van der Waals surface area contributed by atoms with Crippen LogP contribution in [0.2, 0.25) is 0 Å². The largest absolute Gasteiger partial charge is 0.479 e. The molecule has 1 aliphatic carbocycles. The highest BCUT2D eigenvalue weighted by molar-refractivity contribution is 5.83. The van der Waals surface area contributed by atoms with E-state index in [-0.39, 0.29) is 11.7 Å². The molecule has 3 rings (SSSR count). The van der Waals surface area contributed by atoms with Gasteiger partial charge in [0.15, 0.2) is 6.10 Å². The van der Waals surface area contributed by atoms with Crippen molar-refractivity contribution in [1.82, 2.24) is 0 Å². The zero-order chi connectivity index (χ0) is 17.3. The summed E-state index contributed by atoms with van der Waals surface area (Å²) in [6.07, 6.45) is 2.55. The highest BCUT2D eigenvalue weighted by Gasteiger charge is 2.21. The molecule has 2 atom stereocenters. The summed E-state index contributed by atoms with van der Waals surface area (Å²) in [7, 11) is 0. The summed E-state index contributed by atoms with van der Waals surface area (Å²) in [5, 5.41) is 0.948. The van der Waals surface area contributed by atoms with Crippen molar-refractivity contribution in [2.24, 2.45) is 0 Å². The first-order chi connectivity index (χ1) is 11.5. The van der Waals surface area contributed by atoms with Gasteiger partial charge >= 0.3 is 11.6 Å². The highest BCUT2D eigenvalue weighted by atomic mass is 16.6. The van der Waals surface area contributed by atoms with Crippen molar-refractivity contribution in [3.63, 3.8) is 0 Å². The molecule has 0 amide bonds. The molecule has 1 aromatic heterocycles. The molecule has 2 aromatic rings. The Hall–Kier alpha value is -2.30. The number of aryl methyl sites for hydroxylation is 1. The van der Waals surface area contributed by atoms with E-state index in [0.717, 1.165) is 42.2 Å². The fourth-order valence-electron chi connectivity index (χ4n) is 2.97. The first kappa shape index (κ1) is 16.6. The van der Waals surface area contributed by atoms with Crippen molar-refractivity contribution >= 4 is 16.9 Å². The molecule has 0 N–H and O–H groups in total. The van der Waals surface area contributed by atoms with Crippen LogP contribution < -0.4 is 10.4 Å². The fourth-order valence-corrected chi connectivity index (χ4v) is 2.97. The molecule has 0 unspecified atom stereocenters. The molecule has 5 nitrogen and oxygen atoms in total. The molecule has 0 aliphatic heterocycles. The van der Waals surface area contributed by atoms with Crippen molar-refractivity contribution in [2.45, 2.75) is 58.7 Å². The molecular formula is C19H22O5. The van der Waals surface area contributed by atoms with Gasteiger partial charge < -0.3 is 13.9 Å². The lowest BCUT2D eigenvalue weighted by molar-refractivity contribution is -0.155. The molecule has 0 bridgehead atoms. The van der Waals surface area contributed by atoms with E-state index in [9.17, 15) is 9.59 Å². The minimum atomic E-state index is -0.724. The summed E-state index contributed by atoms with van der Waals surface area (Å²) in [4.78, 5) is 24.0. The van der Waals surface area contributed by atoms with Crippen LogP contribution in [-0.2, 0) is 22.4 Å². The number of fused-ring (bicyclic) bond motifs is 3. The Kier molecular flexibility index (Phi) is 4.60. The number of rotatable bonds is 5. The van der Waals surface area contributed by atoms with Crippen molar-refractivity contribution in [2.75, 3.05) is 0 Å². The maximum absolute atomic E-state index is 12.0. The zero-order valence-corrected chi connectivity index (χ0v) is 14.3. The molecule has 0 fully saturated rings. The number of carbonyl (C=O) groups is 1. The minimum absolute atomic E-state index is 0.138. The van der Waals surface area contributed by atoms with E-state index in [1.165, 1.54) is 0 Å². The van der Waals surface area contributed by atoms with Crippen LogP contribution >= 0.6 is 0 Å². The van der Waals surface area contributed by atoms with Gasteiger partial charge in [-0.2, -0.15) is 0 Å². The number of carbonyl (C=O) groups excluding carboxylic acids is 1. The number of esters is 1. The third kappa shape index (κ3) is 3.16. The Bertz CT molecular complexity index is 820. The molecule has 0 saturated heterocycles. The summed E-state index contributed by atoms with van der Waals surface area (Å²) >= 11 is 0. The van der Waals surface area contributed by atoms with Crippen LogP contribution in [0.3, 0.4) is 0 Å². The smallest absolute Gasteiger partial charge is 0.347 e. The van der Waals surface area contributed by atoms with Gasteiger partial charge in [-0.15, -0.1) is 0 Å². The molecule has 0 spiro atoms. The van der Waals surface area contributed by atoms with Gasteiger partial charge in [0.1, 0.15) is 11.3 Å². The molecule has 5 heteroatoms. The zero-order valence-electron chi connectivity index (χ0n) is 14.3. The van der Waals surface area contributed by atoms with E-state index >= 15 is 0 Å². The molecule has 0 radical (unpaired) electrons. The fraction of sp³-hybridized carbons (Fsp3) is 0.474. The van der Waals surface area contributed by atoms with Crippen LogP contribution in [0, 0.1) is 0 Å². The molecular weight excluding hydrogens is 308 g/mol. The summed E-state index contributed by atoms with van der Waals surface area (Å²) in [6.45, 7) is 5.44. The van der Waals surface area contributed by atoms with E-state index < -0.39 is 12.1 Å². The van der Waals surface area contributed by atoms with Crippen LogP contribution in [0.25, 0.3) is 11.0 Å². The summed E-state index contributed by atoms with van der Waals surface area (Å²) < 4.78 is 16.3. The lowest BCUT2D eigenvalue weighted by atomic mass is 10.1. The van der Waals surface area contributed by atoms with Crippen molar-refractivity contribution in [1.29, 1.82) is 0 Å². The van der Waals surface area contributed by atoms with Crippen LogP contribution in [0.4, 0.5) is 0 Å². The number of hydrogen-bond acceptors (Lipinski definition) is 5. The Morgan fingerprint density at radius 3 is 2.75 bits per heavy atom. The standard InChI is InChI=1S/C19H22O5/c1-4-11(2)22-18(20)12(3)23-13-8-9-15-14-6-5-7-16(14)19(21)24-17(15)10-13/h8-12H,4-7H2,1-3H3/t11-,12+/m0/s1. The van der Waals surface area contributed by atoms with Gasteiger partial charge in [-0.05, 0) is 57.2 Å².